The average Bonchev–Trinajstić information content (AvgIpc) is 2.02. The summed E-state index contributed by atoms with van der Waals surface area (Å²) in [6.07, 6.45) is 0. The van der Waals surface area contributed by atoms with Crippen molar-refractivity contribution >= 4 is 22.6 Å². The van der Waals surface area contributed by atoms with E-state index in [9.17, 15) is 8.78 Å². The third-order valence-corrected chi connectivity index (χ3v) is 2.23. The van der Waals surface area contributed by atoms with E-state index in [1.807, 2.05) is 0 Å². The van der Waals surface area contributed by atoms with Crippen molar-refractivity contribution < 1.29 is 13.9 Å². The van der Waals surface area contributed by atoms with Gasteiger partial charge in [-0.3, -0.25) is 0 Å². The second-order valence-corrected chi connectivity index (χ2v) is 3.82. The summed E-state index contributed by atoms with van der Waals surface area (Å²) in [6, 6.07) is 1.35. The SMILES string of the molecule is N[C@H](CO)c1c(F)cc(I)cc1F. The van der Waals surface area contributed by atoms with E-state index in [1.165, 1.54) is 12.1 Å². The van der Waals surface area contributed by atoms with E-state index in [2.05, 4.69) is 0 Å². The van der Waals surface area contributed by atoms with Crippen molar-refractivity contribution in [2.45, 2.75) is 6.04 Å². The minimum atomic E-state index is -1.00. The summed E-state index contributed by atoms with van der Waals surface area (Å²) in [7, 11) is 0. The zero-order valence-corrected chi connectivity index (χ0v) is 8.76. The van der Waals surface area contributed by atoms with Gasteiger partial charge in [0.25, 0.3) is 0 Å². The Balaban J connectivity index is 3.20. The molecule has 0 unspecified atom stereocenters. The van der Waals surface area contributed by atoms with Crippen LogP contribution in [0.1, 0.15) is 11.6 Å². The van der Waals surface area contributed by atoms with Gasteiger partial charge < -0.3 is 10.8 Å². The summed E-state index contributed by atoms with van der Waals surface area (Å²) in [5.41, 5.74) is 5.05. The number of hydrogen-bond acceptors (Lipinski definition) is 2. The lowest BCUT2D eigenvalue weighted by atomic mass is 10.1. The van der Waals surface area contributed by atoms with E-state index < -0.39 is 24.3 Å². The van der Waals surface area contributed by atoms with Gasteiger partial charge in [-0.15, -0.1) is 0 Å². The molecule has 0 aromatic heterocycles. The molecule has 0 aliphatic rings. The largest absolute Gasteiger partial charge is 0.394 e. The summed E-state index contributed by atoms with van der Waals surface area (Å²) in [4.78, 5) is 0. The van der Waals surface area contributed by atoms with E-state index in [-0.39, 0.29) is 5.56 Å². The third kappa shape index (κ3) is 2.35. The van der Waals surface area contributed by atoms with Crippen LogP contribution >= 0.6 is 22.6 Å². The van der Waals surface area contributed by atoms with Crippen LogP contribution in [0.15, 0.2) is 12.1 Å². The number of rotatable bonds is 2. The summed E-state index contributed by atoms with van der Waals surface area (Å²) in [5, 5.41) is 8.65. The normalized spacial score (nSPS) is 13.0. The number of aliphatic hydroxyl groups is 1. The highest BCUT2D eigenvalue weighted by Gasteiger charge is 2.16. The predicted octanol–water partition coefficient (Wildman–Crippen LogP) is 1.56. The predicted molar refractivity (Wildman–Crippen MR) is 53.1 cm³/mol. The van der Waals surface area contributed by atoms with Gasteiger partial charge in [0.05, 0.1) is 12.6 Å². The minimum Gasteiger partial charge on any atom is -0.394 e. The minimum absolute atomic E-state index is 0.261. The summed E-state index contributed by atoms with van der Waals surface area (Å²) < 4.78 is 26.7. The highest BCUT2D eigenvalue weighted by atomic mass is 127. The molecule has 0 heterocycles. The van der Waals surface area contributed by atoms with Crippen LogP contribution in [0.5, 0.6) is 0 Å². The Kier molecular flexibility index (Phi) is 3.57. The van der Waals surface area contributed by atoms with Gasteiger partial charge in [-0.2, -0.15) is 0 Å². The van der Waals surface area contributed by atoms with Gasteiger partial charge in [0, 0.05) is 9.13 Å². The van der Waals surface area contributed by atoms with Gasteiger partial charge in [-0.1, -0.05) is 0 Å². The fourth-order valence-electron chi connectivity index (χ4n) is 0.999. The fraction of sp³-hybridized carbons (Fsp3) is 0.250. The number of nitrogens with two attached hydrogens (primary N) is 1. The van der Waals surface area contributed by atoms with Crippen LogP contribution in [0.25, 0.3) is 0 Å². The van der Waals surface area contributed by atoms with Crippen LogP contribution in [0, 0.1) is 15.2 Å². The molecule has 0 bridgehead atoms. The first kappa shape index (κ1) is 10.8. The van der Waals surface area contributed by atoms with Crippen molar-refractivity contribution in [3.05, 3.63) is 32.9 Å². The van der Waals surface area contributed by atoms with Crippen molar-refractivity contribution in [3.63, 3.8) is 0 Å². The Labute approximate surface area is 87.9 Å². The van der Waals surface area contributed by atoms with Crippen molar-refractivity contribution in [3.8, 4) is 0 Å². The van der Waals surface area contributed by atoms with E-state index >= 15 is 0 Å². The molecular weight excluding hydrogens is 291 g/mol. The average molecular weight is 299 g/mol. The number of halogens is 3. The molecule has 0 fully saturated rings. The van der Waals surface area contributed by atoms with E-state index in [1.54, 1.807) is 22.6 Å². The lowest BCUT2D eigenvalue weighted by Gasteiger charge is -2.10. The maximum Gasteiger partial charge on any atom is 0.132 e. The first-order chi connectivity index (χ1) is 6.06. The molecule has 5 heteroatoms. The Bertz CT molecular complexity index is 296. The maximum absolute atomic E-state index is 13.1. The zero-order valence-electron chi connectivity index (χ0n) is 6.60. The molecule has 0 saturated carbocycles. The van der Waals surface area contributed by atoms with Crippen molar-refractivity contribution in [2.75, 3.05) is 6.61 Å². The molecule has 13 heavy (non-hydrogen) atoms. The quantitative estimate of drug-likeness (QED) is 0.814. The van der Waals surface area contributed by atoms with Gasteiger partial charge in [0.2, 0.25) is 0 Å². The fourth-order valence-corrected chi connectivity index (χ4v) is 1.55. The van der Waals surface area contributed by atoms with Gasteiger partial charge in [-0.05, 0) is 34.7 Å². The van der Waals surface area contributed by atoms with Crippen molar-refractivity contribution in [1.29, 1.82) is 0 Å². The molecule has 1 atom stereocenters. The molecule has 72 valence electrons. The summed E-state index contributed by atoms with van der Waals surface area (Å²) in [5.74, 6) is -1.43. The van der Waals surface area contributed by atoms with Crippen LogP contribution < -0.4 is 5.73 Å². The van der Waals surface area contributed by atoms with Crippen LogP contribution in [0.4, 0.5) is 8.78 Å². The standard InChI is InChI=1S/C8H8F2INO/c9-5-1-4(11)2-6(10)8(5)7(12)3-13/h1-2,7,13H,3,12H2/t7-/m1/s1. The number of hydrogen-bond donors (Lipinski definition) is 2. The Morgan fingerprint density at radius 2 is 1.85 bits per heavy atom. The molecule has 0 amide bonds. The first-order valence-electron chi connectivity index (χ1n) is 3.57. The number of aliphatic hydroxyl groups excluding tert-OH is 1. The Morgan fingerprint density at radius 3 is 2.23 bits per heavy atom. The molecule has 0 saturated heterocycles. The lowest BCUT2D eigenvalue weighted by molar-refractivity contribution is 0.262. The lowest BCUT2D eigenvalue weighted by Crippen LogP contribution is -2.18. The molecule has 0 radical (unpaired) electrons. The second-order valence-electron chi connectivity index (χ2n) is 2.57. The Hall–Kier alpha value is -0.270. The molecular formula is C8H8F2INO. The van der Waals surface area contributed by atoms with Crippen LogP contribution in [0.2, 0.25) is 0 Å². The number of benzene rings is 1. The molecule has 2 nitrogen and oxygen atoms in total. The van der Waals surface area contributed by atoms with Crippen LogP contribution in [0.3, 0.4) is 0 Å². The maximum atomic E-state index is 13.1. The van der Waals surface area contributed by atoms with E-state index in [4.69, 9.17) is 10.8 Å². The van der Waals surface area contributed by atoms with Crippen molar-refractivity contribution in [1.82, 2.24) is 0 Å². The molecule has 3 N–H and O–H groups in total. The zero-order chi connectivity index (χ0) is 10.0. The topological polar surface area (TPSA) is 46.2 Å². The molecule has 0 spiro atoms. The monoisotopic (exact) mass is 299 g/mol. The van der Waals surface area contributed by atoms with E-state index in [0.29, 0.717) is 3.57 Å². The summed E-state index contributed by atoms with van der Waals surface area (Å²) in [6.45, 7) is -0.478. The molecule has 1 aromatic carbocycles. The molecule has 0 aliphatic heterocycles. The molecule has 1 rings (SSSR count). The molecule has 1 aromatic rings. The smallest absolute Gasteiger partial charge is 0.132 e. The van der Waals surface area contributed by atoms with Crippen LogP contribution in [-0.2, 0) is 0 Å². The van der Waals surface area contributed by atoms with Crippen LogP contribution in [-0.4, -0.2) is 11.7 Å². The third-order valence-electron chi connectivity index (χ3n) is 1.61. The first-order valence-corrected chi connectivity index (χ1v) is 4.65. The van der Waals surface area contributed by atoms with Gasteiger partial charge in [0.1, 0.15) is 11.6 Å². The van der Waals surface area contributed by atoms with Crippen molar-refractivity contribution in [2.24, 2.45) is 5.73 Å². The Morgan fingerprint density at radius 1 is 1.38 bits per heavy atom. The summed E-state index contributed by atoms with van der Waals surface area (Å²) >= 11 is 1.80. The van der Waals surface area contributed by atoms with Gasteiger partial charge in [-0.25, -0.2) is 8.78 Å². The molecule has 0 aliphatic carbocycles. The van der Waals surface area contributed by atoms with Gasteiger partial charge >= 0.3 is 0 Å². The van der Waals surface area contributed by atoms with Gasteiger partial charge in [0.15, 0.2) is 0 Å². The van der Waals surface area contributed by atoms with E-state index in [0.717, 1.165) is 0 Å². The second kappa shape index (κ2) is 4.30. The highest BCUT2D eigenvalue weighted by Crippen LogP contribution is 2.21. The highest BCUT2D eigenvalue weighted by molar-refractivity contribution is 14.1.